The van der Waals surface area contributed by atoms with Gasteiger partial charge in [0.2, 0.25) is 0 Å². The number of hydrogen-bond donors (Lipinski definition) is 1. The van der Waals surface area contributed by atoms with Crippen LogP contribution in [-0.4, -0.2) is 19.8 Å². The van der Waals surface area contributed by atoms with E-state index in [0.717, 1.165) is 40.8 Å². The molecule has 3 nitrogen and oxygen atoms in total. The summed E-state index contributed by atoms with van der Waals surface area (Å²) in [5.41, 5.74) is 6.76. The van der Waals surface area contributed by atoms with Gasteiger partial charge in [-0.2, -0.15) is 0 Å². The van der Waals surface area contributed by atoms with Crippen molar-refractivity contribution in [1.82, 2.24) is 0 Å². The minimum absolute atomic E-state index is 0.339. The highest BCUT2D eigenvalue weighted by Gasteiger charge is 2.19. The van der Waals surface area contributed by atoms with E-state index >= 15 is 0 Å². The Labute approximate surface area is 117 Å². The van der Waals surface area contributed by atoms with Crippen molar-refractivity contribution in [3.8, 4) is 11.5 Å². The molecule has 1 aliphatic rings. The minimum atomic E-state index is 0.339. The number of hydrogen-bond acceptors (Lipinski definition) is 3. The van der Waals surface area contributed by atoms with Gasteiger partial charge in [-0.15, -0.1) is 0 Å². The average molecular weight is 314 g/mol. The number of halogens is 1. The van der Waals surface area contributed by atoms with Crippen LogP contribution in [0, 0.1) is 0 Å². The predicted molar refractivity (Wildman–Crippen MR) is 76.3 cm³/mol. The first kappa shape index (κ1) is 13.7. The van der Waals surface area contributed by atoms with Crippen molar-refractivity contribution < 1.29 is 9.47 Å². The quantitative estimate of drug-likeness (QED) is 0.907. The molecule has 0 saturated heterocycles. The molecule has 1 aliphatic carbocycles. The Morgan fingerprint density at radius 3 is 2.61 bits per heavy atom. The molecule has 100 valence electrons. The van der Waals surface area contributed by atoms with Gasteiger partial charge in [0.15, 0.2) is 11.5 Å². The Bertz CT molecular complexity index is 403. The average Bonchev–Trinajstić information content (AvgIpc) is 2.85. The lowest BCUT2D eigenvalue weighted by Gasteiger charge is -2.17. The summed E-state index contributed by atoms with van der Waals surface area (Å²) in [5, 5.41) is 0. The number of nitrogens with two attached hydrogens (primary N) is 1. The topological polar surface area (TPSA) is 44.5 Å². The molecule has 1 fully saturated rings. The zero-order valence-electron chi connectivity index (χ0n) is 10.7. The van der Waals surface area contributed by atoms with Crippen molar-refractivity contribution in [3.63, 3.8) is 0 Å². The van der Waals surface area contributed by atoms with Crippen molar-refractivity contribution in [2.24, 2.45) is 5.73 Å². The number of rotatable bonds is 5. The third-order valence-electron chi connectivity index (χ3n) is 3.34. The summed E-state index contributed by atoms with van der Waals surface area (Å²) < 4.78 is 12.5. The standard InChI is InChI=1S/C14H20BrNO2/c1-17-13-8-10(6-7-16)12(15)9-14(13)18-11-4-2-3-5-11/h8-9,11H,2-7,16H2,1H3. The van der Waals surface area contributed by atoms with E-state index in [4.69, 9.17) is 15.2 Å². The maximum Gasteiger partial charge on any atom is 0.162 e. The van der Waals surface area contributed by atoms with E-state index in [-0.39, 0.29) is 0 Å². The Morgan fingerprint density at radius 1 is 1.28 bits per heavy atom. The summed E-state index contributed by atoms with van der Waals surface area (Å²) in [4.78, 5) is 0. The van der Waals surface area contributed by atoms with Crippen molar-refractivity contribution in [2.45, 2.75) is 38.2 Å². The molecule has 18 heavy (non-hydrogen) atoms. The molecule has 0 bridgehead atoms. The van der Waals surface area contributed by atoms with Crippen LogP contribution in [0.4, 0.5) is 0 Å². The normalized spacial score (nSPS) is 15.9. The summed E-state index contributed by atoms with van der Waals surface area (Å²) in [6, 6.07) is 4.02. The monoisotopic (exact) mass is 313 g/mol. The second-order valence-electron chi connectivity index (χ2n) is 4.66. The molecule has 0 atom stereocenters. The van der Waals surface area contributed by atoms with Crippen LogP contribution in [0.3, 0.4) is 0 Å². The van der Waals surface area contributed by atoms with Crippen molar-refractivity contribution in [2.75, 3.05) is 13.7 Å². The summed E-state index contributed by atoms with van der Waals surface area (Å²) in [6.07, 6.45) is 5.99. The molecule has 0 amide bonds. The van der Waals surface area contributed by atoms with E-state index in [2.05, 4.69) is 15.9 Å². The Balaban J connectivity index is 2.19. The SMILES string of the molecule is COc1cc(CCN)c(Br)cc1OC1CCCC1. The Hall–Kier alpha value is -0.740. The molecule has 2 N–H and O–H groups in total. The van der Waals surface area contributed by atoms with E-state index in [0.29, 0.717) is 12.6 Å². The first-order valence-corrected chi connectivity index (χ1v) is 7.27. The zero-order chi connectivity index (χ0) is 13.0. The molecule has 0 radical (unpaired) electrons. The Morgan fingerprint density at radius 2 is 2.00 bits per heavy atom. The van der Waals surface area contributed by atoms with Crippen LogP contribution in [0.25, 0.3) is 0 Å². The van der Waals surface area contributed by atoms with Crippen LogP contribution in [0.2, 0.25) is 0 Å². The molecule has 0 heterocycles. The number of ether oxygens (including phenoxy) is 2. The van der Waals surface area contributed by atoms with Crippen molar-refractivity contribution >= 4 is 15.9 Å². The van der Waals surface area contributed by atoms with Gasteiger partial charge in [-0.25, -0.2) is 0 Å². The van der Waals surface area contributed by atoms with Gasteiger partial charge in [-0.3, -0.25) is 0 Å². The van der Waals surface area contributed by atoms with Gasteiger partial charge in [0.1, 0.15) is 0 Å². The molecule has 1 saturated carbocycles. The summed E-state index contributed by atoms with van der Waals surface area (Å²) in [7, 11) is 1.68. The Kier molecular flexibility index (Phi) is 4.89. The van der Waals surface area contributed by atoms with Gasteiger partial charge < -0.3 is 15.2 Å². The van der Waals surface area contributed by atoms with E-state index in [1.54, 1.807) is 7.11 Å². The van der Waals surface area contributed by atoms with Gasteiger partial charge in [0.25, 0.3) is 0 Å². The third kappa shape index (κ3) is 3.18. The lowest BCUT2D eigenvalue weighted by Crippen LogP contribution is -2.12. The molecule has 4 heteroatoms. The molecule has 2 rings (SSSR count). The summed E-state index contributed by atoms with van der Waals surface area (Å²) in [6.45, 7) is 0.630. The fourth-order valence-electron chi connectivity index (χ4n) is 2.36. The van der Waals surface area contributed by atoms with Crippen LogP contribution in [-0.2, 0) is 6.42 Å². The molecule has 0 aliphatic heterocycles. The highest BCUT2D eigenvalue weighted by atomic mass is 79.9. The van der Waals surface area contributed by atoms with Gasteiger partial charge in [-0.05, 0) is 56.3 Å². The number of methoxy groups -OCH3 is 1. The van der Waals surface area contributed by atoms with Crippen LogP contribution in [0.5, 0.6) is 11.5 Å². The first-order valence-electron chi connectivity index (χ1n) is 6.47. The zero-order valence-corrected chi connectivity index (χ0v) is 12.3. The van der Waals surface area contributed by atoms with E-state index in [1.165, 1.54) is 12.8 Å². The molecule has 0 spiro atoms. The van der Waals surface area contributed by atoms with Crippen LogP contribution in [0.1, 0.15) is 31.2 Å². The molecular weight excluding hydrogens is 294 g/mol. The van der Waals surface area contributed by atoms with Crippen LogP contribution >= 0.6 is 15.9 Å². The molecule has 0 unspecified atom stereocenters. The minimum Gasteiger partial charge on any atom is -0.493 e. The molecule has 1 aromatic rings. The summed E-state index contributed by atoms with van der Waals surface area (Å²) in [5.74, 6) is 1.63. The van der Waals surface area contributed by atoms with E-state index < -0.39 is 0 Å². The highest BCUT2D eigenvalue weighted by Crippen LogP contribution is 2.36. The van der Waals surface area contributed by atoms with Gasteiger partial charge in [0.05, 0.1) is 13.2 Å². The van der Waals surface area contributed by atoms with E-state index in [9.17, 15) is 0 Å². The fourth-order valence-corrected chi connectivity index (χ4v) is 2.88. The molecule has 0 aromatic heterocycles. The maximum absolute atomic E-state index is 6.03. The lowest BCUT2D eigenvalue weighted by atomic mass is 10.1. The van der Waals surface area contributed by atoms with Crippen molar-refractivity contribution in [1.29, 1.82) is 0 Å². The first-order chi connectivity index (χ1) is 8.74. The smallest absolute Gasteiger partial charge is 0.162 e. The third-order valence-corrected chi connectivity index (χ3v) is 4.08. The van der Waals surface area contributed by atoms with Crippen LogP contribution < -0.4 is 15.2 Å². The maximum atomic E-state index is 6.03. The number of benzene rings is 1. The van der Waals surface area contributed by atoms with Crippen LogP contribution in [0.15, 0.2) is 16.6 Å². The van der Waals surface area contributed by atoms with Gasteiger partial charge in [0, 0.05) is 4.47 Å². The lowest BCUT2D eigenvalue weighted by molar-refractivity contribution is 0.200. The van der Waals surface area contributed by atoms with Crippen molar-refractivity contribution in [3.05, 3.63) is 22.2 Å². The molecule has 1 aromatic carbocycles. The van der Waals surface area contributed by atoms with Gasteiger partial charge in [-0.1, -0.05) is 15.9 Å². The largest absolute Gasteiger partial charge is 0.493 e. The summed E-state index contributed by atoms with van der Waals surface area (Å²) >= 11 is 3.57. The highest BCUT2D eigenvalue weighted by molar-refractivity contribution is 9.10. The van der Waals surface area contributed by atoms with Gasteiger partial charge >= 0.3 is 0 Å². The fraction of sp³-hybridized carbons (Fsp3) is 0.571. The van der Waals surface area contributed by atoms with E-state index in [1.807, 2.05) is 12.1 Å². The second-order valence-corrected chi connectivity index (χ2v) is 5.51. The molecular formula is C14H20BrNO2. The predicted octanol–water partition coefficient (Wildman–Crippen LogP) is 3.28. The second kappa shape index (κ2) is 6.43.